The number of aliphatic hydroxyl groups excluding tert-OH is 3. The van der Waals surface area contributed by atoms with Crippen molar-refractivity contribution in [2.45, 2.75) is 104 Å². The van der Waals surface area contributed by atoms with E-state index in [1.807, 2.05) is 19.9 Å². The average molecular weight is 575 g/mol. The largest absolute Gasteiger partial charge is 0.456 e. The van der Waals surface area contributed by atoms with Crippen LogP contribution in [0.1, 0.15) is 81.1 Å². The molecular formula is C32H46O9. The Morgan fingerprint density at radius 1 is 1.10 bits per heavy atom. The summed E-state index contributed by atoms with van der Waals surface area (Å²) in [5.74, 6) is -3.76. The quantitative estimate of drug-likeness (QED) is 0.212. The first kappa shape index (κ1) is 31.7. The number of carbonyl (C=O) groups is 4. The van der Waals surface area contributed by atoms with E-state index >= 15 is 0 Å². The second-order valence-electron chi connectivity index (χ2n) is 14.7. The zero-order valence-electron chi connectivity index (χ0n) is 25.5. The van der Waals surface area contributed by atoms with Crippen LogP contribution in [0.15, 0.2) is 23.8 Å². The van der Waals surface area contributed by atoms with Crippen molar-refractivity contribution in [3.05, 3.63) is 23.8 Å². The Kier molecular flexibility index (Phi) is 7.47. The van der Waals surface area contributed by atoms with Gasteiger partial charge in [0.15, 0.2) is 11.6 Å². The molecule has 0 spiro atoms. The highest BCUT2D eigenvalue weighted by atomic mass is 16.6. The lowest BCUT2D eigenvalue weighted by molar-refractivity contribution is -0.192. The highest BCUT2D eigenvalue weighted by Gasteiger charge is 2.75. The molecular weight excluding hydrogens is 528 g/mol. The van der Waals surface area contributed by atoms with Crippen LogP contribution in [-0.2, 0) is 23.9 Å². The summed E-state index contributed by atoms with van der Waals surface area (Å²) < 4.78 is 5.22. The van der Waals surface area contributed by atoms with Gasteiger partial charge in [-0.15, -0.1) is 0 Å². The van der Waals surface area contributed by atoms with Crippen LogP contribution in [0.2, 0.25) is 0 Å². The van der Waals surface area contributed by atoms with Crippen LogP contribution in [0.3, 0.4) is 0 Å². The van der Waals surface area contributed by atoms with Gasteiger partial charge < -0.3 is 25.2 Å². The number of ether oxygens (including phenoxy) is 1. The first-order chi connectivity index (χ1) is 18.6. The van der Waals surface area contributed by atoms with E-state index in [2.05, 4.69) is 0 Å². The molecule has 3 saturated carbocycles. The van der Waals surface area contributed by atoms with Crippen molar-refractivity contribution in [2.24, 2.45) is 39.4 Å². The van der Waals surface area contributed by atoms with E-state index in [4.69, 9.17) is 4.74 Å². The Hall–Kier alpha value is -2.20. The summed E-state index contributed by atoms with van der Waals surface area (Å²) in [6, 6.07) is 0. The van der Waals surface area contributed by atoms with E-state index in [1.54, 1.807) is 27.7 Å². The van der Waals surface area contributed by atoms with Gasteiger partial charge in [0.05, 0.1) is 18.1 Å². The molecule has 0 saturated heterocycles. The van der Waals surface area contributed by atoms with Crippen molar-refractivity contribution < 1.29 is 44.3 Å². The van der Waals surface area contributed by atoms with Gasteiger partial charge >= 0.3 is 5.97 Å². The Bertz CT molecular complexity index is 1230. The molecule has 0 amide bonds. The molecule has 9 heteroatoms. The normalized spacial score (nSPS) is 41.7. The van der Waals surface area contributed by atoms with E-state index in [0.29, 0.717) is 6.42 Å². The Morgan fingerprint density at radius 3 is 2.27 bits per heavy atom. The first-order valence-electron chi connectivity index (χ1n) is 14.5. The van der Waals surface area contributed by atoms with Gasteiger partial charge in [-0.05, 0) is 88.7 Å². The van der Waals surface area contributed by atoms with E-state index in [9.17, 15) is 39.6 Å². The first-order valence-corrected chi connectivity index (χ1v) is 14.5. The second-order valence-corrected chi connectivity index (χ2v) is 14.7. The van der Waals surface area contributed by atoms with Crippen LogP contribution < -0.4 is 0 Å². The van der Waals surface area contributed by atoms with Crippen LogP contribution in [0, 0.1) is 39.4 Å². The molecule has 0 aromatic heterocycles. The summed E-state index contributed by atoms with van der Waals surface area (Å²) >= 11 is 0. The fourth-order valence-corrected chi connectivity index (χ4v) is 9.47. The molecule has 0 aromatic carbocycles. The molecule has 0 unspecified atom stereocenters. The number of ketones is 3. The minimum Gasteiger partial charge on any atom is -0.456 e. The van der Waals surface area contributed by atoms with Crippen molar-refractivity contribution in [3.8, 4) is 0 Å². The van der Waals surface area contributed by atoms with E-state index in [-0.39, 0.29) is 30.8 Å². The van der Waals surface area contributed by atoms with Gasteiger partial charge in [0.25, 0.3) is 0 Å². The van der Waals surface area contributed by atoms with E-state index < -0.39 is 81.2 Å². The maximum atomic E-state index is 14.4. The van der Waals surface area contributed by atoms with Gasteiger partial charge in [0, 0.05) is 24.7 Å². The maximum Gasteiger partial charge on any atom is 0.303 e. The predicted molar refractivity (Wildman–Crippen MR) is 149 cm³/mol. The molecule has 3 fully saturated rings. The lowest BCUT2D eigenvalue weighted by atomic mass is 9.38. The lowest BCUT2D eigenvalue weighted by Crippen LogP contribution is -2.67. The van der Waals surface area contributed by atoms with Gasteiger partial charge in [-0.1, -0.05) is 25.5 Å². The van der Waals surface area contributed by atoms with Gasteiger partial charge in [-0.3, -0.25) is 19.2 Å². The Balaban J connectivity index is 1.78. The molecule has 0 heterocycles. The van der Waals surface area contributed by atoms with Crippen LogP contribution in [0.5, 0.6) is 0 Å². The van der Waals surface area contributed by atoms with Crippen LogP contribution >= 0.6 is 0 Å². The second kappa shape index (κ2) is 9.66. The summed E-state index contributed by atoms with van der Waals surface area (Å²) in [7, 11) is 0. The SMILES string of the molecule is CC(=O)OC(C)(C)C=CC(=O)[C@](C)(O)[C@H]1[C@H](O)C[C@@]2(C)[C@@H]3CC=C4[C@@H](C[C@H](O)C(=O)C4(C)C)[C@]3(CO)C(=O)C[C@]12C. The summed E-state index contributed by atoms with van der Waals surface area (Å²) in [5, 5.41) is 45.0. The molecule has 4 aliphatic carbocycles. The fraction of sp³-hybridized carbons (Fsp3) is 0.750. The molecule has 4 aliphatic rings. The smallest absolute Gasteiger partial charge is 0.303 e. The van der Waals surface area contributed by atoms with Crippen molar-refractivity contribution in [1.82, 2.24) is 0 Å². The summed E-state index contributed by atoms with van der Waals surface area (Å²) in [6.45, 7) is 12.6. The van der Waals surface area contributed by atoms with Gasteiger partial charge in [0.1, 0.15) is 23.1 Å². The number of hydrogen-bond acceptors (Lipinski definition) is 9. The molecule has 0 aliphatic heterocycles. The molecule has 0 bridgehead atoms. The topological polar surface area (TPSA) is 158 Å². The molecule has 4 N–H and O–H groups in total. The third kappa shape index (κ3) is 4.33. The van der Waals surface area contributed by atoms with Crippen molar-refractivity contribution in [3.63, 3.8) is 0 Å². The molecule has 41 heavy (non-hydrogen) atoms. The number of rotatable bonds is 6. The predicted octanol–water partition coefficient (Wildman–Crippen LogP) is 2.47. The molecule has 9 atom stereocenters. The average Bonchev–Trinajstić information content (AvgIpc) is 3.05. The number of aliphatic hydroxyl groups is 4. The zero-order chi connectivity index (χ0) is 31.1. The zero-order valence-corrected chi connectivity index (χ0v) is 25.5. The Morgan fingerprint density at radius 2 is 1.71 bits per heavy atom. The molecule has 0 radical (unpaired) electrons. The highest BCUT2D eigenvalue weighted by Crippen LogP contribution is 2.74. The van der Waals surface area contributed by atoms with Crippen molar-refractivity contribution in [2.75, 3.05) is 6.61 Å². The third-order valence-electron chi connectivity index (χ3n) is 11.5. The minimum absolute atomic E-state index is 0.0365. The molecule has 4 rings (SSSR count). The van der Waals surface area contributed by atoms with Crippen molar-refractivity contribution >= 4 is 23.3 Å². The van der Waals surface area contributed by atoms with Crippen LogP contribution in [-0.4, -0.2) is 73.8 Å². The number of allylic oxidation sites excluding steroid dienone is 2. The monoisotopic (exact) mass is 574 g/mol. The van der Waals surface area contributed by atoms with Gasteiger partial charge in [-0.25, -0.2) is 0 Å². The molecule has 9 nitrogen and oxygen atoms in total. The van der Waals surface area contributed by atoms with Gasteiger partial charge in [-0.2, -0.15) is 0 Å². The third-order valence-corrected chi connectivity index (χ3v) is 11.5. The maximum absolute atomic E-state index is 14.4. The van der Waals surface area contributed by atoms with E-state index in [0.717, 1.165) is 11.6 Å². The van der Waals surface area contributed by atoms with Crippen LogP contribution in [0.4, 0.5) is 0 Å². The van der Waals surface area contributed by atoms with E-state index in [1.165, 1.54) is 19.9 Å². The molecule has 0 aromatic rings. The summed E-state index contributed by atoms with van der Waals surface area (Å²) in [4.78, 5) is 52.2. The standard InChI is InChI=1S/C32H46O9/c1-17(34)41-27(2,3)12-11-23(37)31(8,40)25-21(36)14-29(6)22-10-9-18-19(13-20(35)26(39)28(18,4)5)32(22,16-33)24(38)15-30(25,29)7/h9,11-12,19-22,25,33,35-36,40H,10,13-16H2,1-8H3/t19-,20+,21-,22+,25+,29+,30-,31+,32+/m1/s1. The number of fused-ring (bicyclic) bond motifs is 5. The van der Waals surface area contributed by atoms with Gasteiger partial charge in [0.2, 0.25) is 0 Å². The fourth-order valence-electron chi connectivity index (χ4n) is 9.47. The van der Waals surface area contributed by atoms with Crippen LogP contribution in [0.25, 0.3) is 0 Å². The number of hydrogen-bond donors (Lipinski definition) is 4. The highest BCUT2D eigenvalue weighted by molar-refractivity contribution is 5.98. The number of esters is 1. The summed E-state index contributed by atoms with van der Waals surface area (Å²) in [5.41, 5.74) is -6.45. The summed E-state index contributed by atoms with van der Waals surface area (Å²) in [6.07, 6.45) is 2.66. The number of Topliss-reactive ketones (excluding diaryl/α,β-unsaturated/α-hetero) is 2. The minimum atomic E-state index is -2.06. The molecule has 228 valence electrons. The number of carbonyl (C=O) groups excluding carboxylic acids is 4. The van der Waals surface area contributed by atoms with Crippen molar-refractivity contribution in [1.29, 1.82) is 0 Å². The lowest BCUT2D eigenvalue weighted by Gasteiger charge is -2.64. The Labute approximate surface area is 242 Å².